The molecule has 2 heterocycles. The van der Waals surface area contributed by atoms with Crippen LogP contribution >= 0.6 is 0 Å². The first-order chi connectivity index (χ1) is 13.4. The van der Waals surface area contributed by atoms with Gasteiger partial charge in [0.2, 0.25) is 15.9 Å². The number of hydrogen-bond acceptors (Lipinski definition) is 6. The Labute approximate surface area is 165 Å². The topological polar surface area (TPSA) is 102 Å². The van der Waals surface area contributed by atoms with Gasteiger partial charge < -0.3 is 14.8 Å². The van der Waals surface area contributed by atoms with Crippen LogP contribution in [0.4, 0.5) is 0 Å². The maximum atomic E-state index is 13.0. The maximum absolute atomic E-state index is 13.0. The number of methoxy groups -OCH3 is 1. The summed E-state index contributed by atoms with van der Waals surface area (Å²) in [6.07, 6.45) is 2.94. The number of rotatable bonds is 6. The predicted octanol–water partition coefficient (Wildman–Crippen LogP) is 1.17. The van der Waals surface area contributed by atoms with Crippen molar-refractivity contribution in [2.45, 2.75) is 36.7 Å². The number of amides is 1. The van der Waals surface area contributed by atoms with Gasteiger partial charge in [-0.3, -0.25) is 4.79 Å². The molecular formula is C19H26N2O6S. The zero-order valence-electron chi connectivity index (χ0n) is 15.9. The van der Waals surface area contributed by atoms with Crippen molar-refractivity contribution in [3.8, 4) is 0 Å². The Kier molecular flexibility index (Phi) is 6.69. The lowest BCUT2D eigenvalue weighted by molar-refractivity contribution is -0.126. The molecule has 1 aromatic rings. The van der Waals surface area contributed by atoms with Crippen molar-refractivity contribution in [2.24, 2.45) is 5.92 Å². The molecule has 9 heteroatoms. The summed E-state index contributed by atoms with van der Waals surface area (Å²) in [6, 6.07) is 6.01. The number of esters is 1. The van der Waals surface area contributed by atoms with Crippen LogP contribution in [0.25, 0.3) is 0 Å². The van der Waals surface area contributed by atoms with E-state index in [1.807, 2.05) is 0 Å². The van der Waals surface area contributed by atoms with Crippen LogP contribution < -0.4 is 5.32 Å². The minimum absolute atomic E-state index is 0.0152. The van der Waals surface area contributed by atoms with Gasteiger partial charge in [0.1, 0.15) is 0 Å². The van der Waals surface area contributed by atoms with Crippen molar-refractivity contribution in [1.82, 2.24) is 9.62 Å². The van der Waals surface area contributed by atoms with Crippen molar-refractivity contribution in [3.63, 3.8) is 0 Å². The number of piperidine rings is 1. The molecular weight excluding hydrogens is 384 g/mol. The second kappa shape index (κ2) is 9.02. The average molecular weight is 410 g/mol. The van der Waals surface area contributed by atoms with Crippen LogP contribution in [-0.2, 0) is 24.3 Å². The van der Waals surface area contributed by atoms with E-state index in [1.54, 1.807) is 12.1 Å². The number of sulfonamides is 1. The van der Waals surface area contributed by atoms with Crippen LogP contribution in [0.5, 0.6) is 0 Å². The number of carbonyl (C=O) groups excluding carboxylic acids is 2. The van der Waals surface area contributed by atoms with Gasteiger partial charge in [-0.25, -0.2) is 13.2 Å². The lowest BCUT2D eigenvalue weighted by Crippen LogP contribution is -2.44. The molecule has 28 heavy (non-hydrogen) atoms. The molecule has 0 saturated carbocycles. The Hall–Kier alpha value is -1.97. The predicted molar refractivity (Wildman–Crippen MR) is 101 cm³/mol. The van der Waals surface area contributed by atoms with E-state index in [9.17, 15) is 18.0 Å². The molecule has 1 N–H and O–H groups in total. The summed E-state index contributed by atoms with van der Waals surface area (Å²) < 4.78 is 37.5. The number of nitrogens with one attached hydrogen (secondary N) is 1. The fourth-order valence-corrected chi connectivity index (χ4v) is 5.28. The van der Waals surface area contributed by atoms with Gasteiger partial charge in [0.05, 0.1) is 23.7 Å². The third kappa shape index (κ3) is 4.53. The lowest BCUT2D eigenvalue weighted by Gasteiger charge is -2.31. The Bertz CT molecular complexity index is 811. The molecule has 2 fully saturated rings. The van der Waals surface area contributed by atoms with Gasteiger partial charge in [-0.1, -0.05) is 12.1 Å². The van der Waals surface area contributed by atoms with Crippen LogP contribution in [0, 0.1) is 5.92 Å². The van der Waals surface area contributed by atoms with Crippen molar-refractivity contribution >= 4 is 21.9 Å². The first kappa shape index (κ1) is 20.8. The molecule has 154 valence electrons. The molecule has 2 aliphatic rings. The van der Waals surface area contributed by atoms with E-state index >= 15 is 0 Å². The first-order valence-corrected chi connectivity index (χ1v) is 10.9. The molecule has 1 atom stereocenters. The van der Waals surface area contributed by atoms with Crippen LogP contribution in [0.2, 0.25) is 0 Å². The van der Waals surface area contributed by atoms with Crippen LogP contribution in [0.15, 0.2) is 29.2 Å². The molecule has 2 saturated heterocycles. The summed E-state index contributed by atoms with van der Waals surface area (Å²) in [7, 11) is -2.63. The van der Waals surface area contributed by atoms with E-state index in [0.29, 0.717) is 19.4 Å². The number of nitrogens with zero attached hydrogens (tertiary/aromatic N) is 1. The van der Waals surface area contributed by atoms with Gasteiger partial charge in [0, 0.05) is 32.2 Å². The highest BCUT2D eigenvalue weighted by Gasteiger charge is 2.34. The Morgan fingerprint density at radius 1 is 1.21 bits per heavy atom. The van der Waals surface area contributed by atoms with Crippen molar-refractivity contribution in [2.75, 3.05) is 33.4 Å². The van der Waals surface area contributed by atoms with E-state index in [0.717, 1.165) is 19.4 Å². The SMILES string of the molecule is COC(=O)c1ccccc1S(=O)(=O)N1CCC(C(=O)NC[C@@H]2CCCO2)CC1. The molecule has 0 aliphatic carbocycles. The molecule has 1 aromatic carbocycles. The number of hydrogen-bond donors (Lipinski definition) is 1. The zero-order valence-corrected chi connectivity index (χ0v) is 16.7. The highest BCUT2D eigenvalue weighted by molar-refractivity contribution is 7.89. The molecule has 0 radical (unpaired) electrons. The molecule has 3 rings (SSSR count). The van der Waals surface area contributed by atoms with E-state index in [2.05, 4.69) is 5.32 Å². The van der Waals surface area contributed by atoms with Gasteiger partial charge in [-0.2, -0.15) is 4.31 Å². The lowest BCUT2D eigenvalue weighted by atomic mass is 9.97. The van der Waals surface area contributed by atoms with Gasteiger partial charge in [0.15, 0.2) is 0 Å². The van der Waals surface area contributed by atoms with Crippen LogP contribution in [0.3, 0.4) is 0 Å². The fraction of sp³-hybridized carbons (Fsp3) is 0.579. The van der Waals surface area contributed by atoms with Gasteiger partial charge in [-0.05, 0) is 37.8 Å². The van der Waals surface area contributed by atoms with Crippen molar-refractivity contribution in [1.29, 1.82) is 0 Å². The fourth-order valence-electron chi connectivity index (χ4n) is 3.63. The second-order valence-electron chi connectivity index (χ2n) is 7.05. The Balaban J connectivity index is 1.61. The van der Waals surface area contributed by atoms with E-state index in [4.69, 9.17) is 9.47 Å². The molecule has 1 amide bonds. The molecule has 0 unspecified atom stereocenters. The van der Waals surface area contributed by atoms with Crippen molar-refractivity contribution in [3.05, 3.63) is 29.8 Å². The molecule has 2 aliphatic heterocycles. The Morgan fingerprint density at radius 3 is 2.57 bits per heavy atom. The highest BCUT2D eigenvalue weighted by Crippen LogP contribution is 2.26. The van der Waals surface area contributed by atoms with E-state index < -0.39 is 16.0 Å². The van der Waals surface area contributed by atoms with E-state index in [1.165, 1.54) is 23.5 Å². The smallest absolute Gasteiger partial charge is 0.339 e. The molecule has 0 spiro atoms. The highest BCUT2D eigenvalue weighted by atomic mass is 32.2. The largest absolute Gasteiger partial charge is 0.465 e. The first-order valence-electron chi connectivity index (χ1n) is 9.50. The normalized spacial score (nSPS) is 21.4. The zero-order chi connectivity index (χ0) is 20.1. The van der Waals surface area contributed by atoms with Crippen molar-refractivity contribution < 1.29 is 27.5 Å². The number of carbonyl (C=O) groups is 2. The molecule has 0 aromatic heterocycles. The Morgan fingerprint density at radius 2 is 1.93 bits per heavy atom. The van der Waals surface area contributed by atoms with Crippen LogP contribution in [-0.4, -0.2) is 64.1 Å². The summed E-state index contributed by atoms with van der Waals surface area (Å²) in [5.74, 6) is -0.964. The van der Waals surface area contributed by atoms with Gasteiger partial charge in [-0.15, -0.1) is 0 Å². The molecule has 0 bridgehead atoms. The van der Waals surface area contributed by atoms with Crippen LogP contribution in [0.1, 0.15) is 36.0 Å². The monoisotopic (exact) mass is 410 g/mol. The number of benzene rings is 1. The van der Waals surface area contributed by atoms with Gasteiger partial charge in [0.25, 0.3) is 0 Å². The number of ether oxygens (including phenoxy) is 2. The summed E-state index contributed by atoms with van der Waals surface area (Å²) in [5, 5.41) is 2.92. The van der Waals surface area contributed by atoms with Gasteiger partial charge >= 0.3 is 5.97 Å². The summed E-state index contributed by atoms with van der Waals surface area (Å²) >= 11 is 0. The second-order valence-corrected chi connectivity index (χ2v) is 8.95. The third-order valence-electron chi connectivity index (χ3n) is 5.26. The summed E-state index contributed by atoms with van der Waals surface area (Å²) in [6.45, 7) is 1.71. The quantitative estimate of drug-likeness (QED) is 0.707. The molecule has 8 nitrogen and oxygen atoms in total. The summed E-state index contributed by atoms with van der Waals surface area (Å²) in [4.78, 5) is 24.2. The minimum Gasteiger partial charge on any atom is -0.465 e. The average Bonchev–Trinajstić information content (AvgIpc) is 3.25. The third-order valence-corrected chi connectivity index (χ3v) is 7.22. The standard InChI is InChI=1S/C19H26N2O6S/c1-26-19(23)16-6-2-3-7-17(16)28(24,25)21-10-8-14(9-11-21)18(22)20-13-15-5-4-12-27-15/h2-3,6-7,14-15H,4-5,8-13H2,1H3,(H,20,22)/t15-/m0/s1. The summed E-state index contributed by atoms with van der Waals surface area (Å²) in [5.41, 5.74) is 0.0152. The maximum Gasteiger partial charge on any atom is 0.339 e. The van der Waals surface area contributed by atoms with E-state index in [-0.39, 0.29) is 41.5 Å². The minimum atomic E-state index is -3.84.